The van der Waals surface area contributed by atoms with Gasteiger partial charge in [-0.3, -0.25) is 13.9 Å². The molecule has 0 spiro atoms. The molecule has 0 radical (unpaired) electrons. The molecule has 2 rings (SSSR count). The van der Waals surface area contributed by atoms with Gasteiger partial charge in [0.25, 0.3) is 5.56 Å². The van der Waals surface area contributed by atoms with Gasteiger partial charge < -0.3 is 0 Å². The molecule has 6 heteroatoms. The first kappa shape index (κ1) is 20.3. The van der Waals surface area contributed by atoms with Gasteiger partial charge in [0.2, 0.25) is 0 Å². The number of nitrogens with zero attached hydrogens (tertiary/aromatic N) is 4. The first-order chi connectivity index (χ1) is 12.5. The lowest BCUT2D eigenvalue weighted by atomic mass is 10.0. The molecule has 144 valence electrons. The van der Waals surface area contributed by atoms with Crippen molar-refractivity contribution < 1.29 is 0 Å². The molecule has 6 nitrogen and oxygen atoms in total. The predicted molar refractivity (Wildman–Crippen MR) is 106 cm³/mol. The second-order valence-electron chi connectivity index (χ2n) is 7.12. The van der Waals surface area contributed by atoms with Crippen LogP contribution < -0.4 is 11.2 Å². The Hall–Kier alpha value is -1.98. The lowest BCUT2D eigenvalue weighted by Crippen LogP contribution is -2.38. The van der Waals surface area contributed by atoms with E-state index in [1.165, 1.54) is 43.7 Å². The molecule has 0 saturated heterocycles. The van der Waals surface area contributed by atoms with Crippen LogP contribution in [0.25, 0.3) is 11.2 Å². The molecule has 2 aromatic heterocycles. The molecule has 0 bridgehead atoms. The van der Waals surface area contributed by atoms with Crippen LogP contribution in [0.1, 0.15) is 76.6 Å². The SMILES string of the molecule is CCCCCCc1nc2c(=O)n(C)c(=O)n(C)c2nc1CCCCCC. The van der Waals surface area contributed by atoms with Crippen molar-refractivity contribution in [3.05, 3.63) is 32.2 Å². The van der Waals surface area contributed by atoms with Gasteiger partial charge in [-0.25, -0.2) is 14.8 Å². The van der Waals surface area contributed by atoms with Crippen molar-refractivity contribution in [3.8, 4) is 0 Å². The zero-order valence-electron chi connectivity index (χ0n) is 16.7. The summed E-state index contributed by atoms with van der Waals surface area (Å²) in [7, 11) is 3.14. The topological polar surface area (TPSA) is 69.8 Å². The van der Waals surface area contributed by atoms with Crippen LogP contribution in [-0.2, 0) is 26.9 Å². The van der Waals surface area contributed by atoms with Gasteiger partial charge in [-0.05, 0) is 25.7 Å². The standard InChI is InChI=1S/C20H32N4O2/c1-5-7-9-11-13-15-16(14-12-10-8-6-2)22-18-17(21-15)19(25)24(4)20(26)23(18)3/h5-14H2,1-4H3. The van der Waals surface area contributed by atoms with E-state index in [4.69, 9.17) is 4.98 Å². The Morgan fingerprint density at radius 3 is 1.81 bits per heavy atom. The van der Waals surface area contributed by atoms with E-state index in [0.717, 1.165) is 48.1 Å². The molecule has 0 aliphatic heterocycles. The van der Waals surface area contributed by atoms with E-state index >= 15 is 0 Å². The zero-order valence-corrected chi connectivity index (χ0v) is 16.7. The Labute approximate surface area is 155 Å². The second kappa shape index (κ2) is 9.64. The number of aryl methyl sites for hydroxylation is 3. The Bertz CT molecular complexity index is 851. The summed E-state index contributed by atoms with van der Waals surface area (Å²) in [4.78, 5) is 34.1. The second-order valence-corrected chi connectivity index (χ2v) is 7.12. The van der Waals surface area contributed by atoms with Crippen molar-refractivity contribution in [1.82, 2.24) is 19.1 Å². The van der Waals surface area contributed by atoms with Crippen LogP contribution in [-0.4, -0.2) is 19.1 Å². The highest BCUT2D eigenvalue weighted by Crippen LogP contribution is 2.16. The molecule has 0 aliphatic rings. The van der Waals surface area contributed by atoms with E-state index in [1.807, 2.05) is 0 Å². The highest BCUT2D eigenvalue weighted by Gasteiger charge is 2.15. The molecule has 0 aliphatic carbocycles. The molecule has 26 heavy (non-hydrogen) atoms. The quantitative estimate of drug-likeness (QED) is 0.610. The normalized spacial score (nSPS) is 11.4. The van der Waals surface area contributed by atoms with Gasteiger partial charge in [0.05, 0.1) is 11.4 Å². The van der Waals surface area contributed by atoms with E-state index < -0.39 is 0 Å². The summed E-state index contributed by atoms with van der Waals surface area (Å²) in [6.45, 7) is 4.39. The Kier molecular flexibility index (Phi) is 7.54. The third-order valence-electron chi connectivity index (χ3n) is 4.97. The van der Waals surface area contributed by atoms with Crippen molar-refractivity contribution in [2.45, 2.75) is 78.1 Å². The third kappa shape index (κ3) is 4.59. The molecule has 0 amide bonds. The number of hydrogen-bond donors (Lipinski definition) is 0. The molecule has 2 heterocycles. The zero-order chi connectivity index (χ0) is 19.1. The average molecular weight is 361 g/mol. The summed E-state index contributed by atoms with van der Waals surface area (Å²) in [5, 5.41) is 0. The summed E-state index contributed by atoms with van der Waals surface area (Å²) in [5.74, 6) is 0. The molecular formula is C20H32N4O2. The van der Waals surface area contributed by atoms with Gasteiger partial charge >= 0.3 is 5.69 Å². The van der Waals surface area contributed by atoms with Crippen LogP contribution in [0.3, 0.4) is 0 Å². The van der Waals surface area contributed by atoms with Gasteiger partial charge in [0.1, 0.15) is 0 Å². The van der Waals surface area contributed by atoms with Gasteiger partial charge in [-0.2, -0.15) is 0 Å². The smallest absolute Gasteiger partial charge is 0.279 e. The fraction of sp³-hybridized carbons (Fsp3) is 0.700. The van der Waals surface area contributed by atoms with Gasteiger partial charge in [-0.15, -0.1) is 0 Å². The highest BCUT2D eigenvalue weighted by molar-refractivity contribution is 5.69. The maximum absolute atomic E-state index is 12.5. The van der Waals surface area contributed by atoms with Crippen LogP contribution in [0.5, 0.6) is 0 Å². The van der Waals surface area contributed by atoms with Gasteiger partial charge in [0.15, 0.2) is 11.2 Å². The van der Waals surface area contributed by atoms with E-state index in [1.54, 1.807) is 7.05 Å². The Balaban J connectivity index is 2.43. The van der Waals surface area contributed by atoms with Crippen molar-refractivity contribution in [2.75, 3.05) is 0 Å². The predicted octanol–water partition coefficient (Wildman–Crippen LogP) is 3.27. The number of unbranched alkanes of at least 4 members (excludes halogenated alkanes) is 6. The molecule has 0 atom stereocenters. The number of aromatic nitrogens is 4. The van der Waals surface area contributed by atoms with Crippen LogP contribution in [0.4, 0.5) is 0 Å². The van der Waals surface area contributed by atoms with Crippen molar-refractivity contribution in [3.63, 3.8) is 0 Å². The molecule has 0 aromatic carbocycles. The van der Waals surface area contributed by atoms with E-state index in [-0.39, 0.29) is 11.2 Å². The fourth-order valence-corrected chi connectivity index (χ4v) is 3.27. The van der Waals surface area contributed by atoms with Gasteiger partial charge in [-0.1, -0.05) is 52.4 Å². The first-order valence-corrected chi connectivity index (χ1v) is 9.96. The van der Waals surface area contributed by atoms with Crippen LogP contribution >= 0.6 is 0 Å². The maximum Gasteiger partial charge on any atom is 0.332 e. The summed E-state index contributed by atoms with van der Waals surface area (Å²) in [5.41, 5.74) is 1.87. The Morgan fingerprint density at radius 2 is 1.27 bits per heavy atom. The van der Waals surface area contributed by atoms with Crippen LogP contribution in [0.2, 0.25) is 0 Å². The molecule has 0 unspecified atom stereocenters. The largest absolute Gasteiger partial charge is 0.332 e. The monoisotopic (exact) mass is 360 g/mol. The minimum Gasteiger partial charge on any atom is -0.279 e. The van der Waals surface area contributed by atoms with Crippen molar-refractivity contribution in [1.29, 1.82) is 0 Å². The van der Waals surface area contributed by atoms with E-state index in [0.29, 0.717) is 11.2 Å². The van der Waals surface area contributed by atoms with E-state index in [9.17, 15) is 9.59 Å². The lowest BCUT2D eigenvalue weighted by molar-refractivity contribution is 0.634. The molecular weight excluding hydrogens is 328 g/mol. The third-order valence-corrected chi connectivity index (χ3v) is 4.97. The highest BCUT2D eigenvalue weighted by atomic mass is 16.2. The Morgan fingerprint density at radius 1 is 0.731 bits per heavy atom. The average Bonchev–Trinajstić information content (AvgIpc) is 2.65. The molecule has 2 aromatic rings. The number of hydrogen-bond acceptors (Lipinski definition) is 4. The van der Waals surface area contributed by atoms with E-state index in [2.05, 4.69) is 18.8 Å². The summed E-state index contributed by atoms with van der Waals surface area (Å²) in [6, 6.07) is 0. The molecule has 0 fully saturated rings. The number of rotatable bonds is 10. The lowest BCUT2D eigenvalue weighted by Gasteiger charge is -2.12. The molecule has 0 saturated carbocycles. The first-order valence-electron chi connectivity index (χ1n) is 9.96. The van der Waals surface area contributed by atoms with Gasteiger partial charge in [0, 0.05) is 14.1 Å². The molecule has 0 N–H and O–H groups in total. The van der Waals surface area contributed by atoms with Crippen molar-refractivity contribution >= 4 is 11.2 Å². The summed E-state index contributed by atoms with van der Waals surface area (Å²) in [6.07, 6.45) is 11.0. The summed E-state index contributed by atoms with van der Waals surface area (Å²) >= 11 is 0. The summed E-state index contributed by atoms with van der Waals surface area (Å²) < 4.78 is 2.54. The minimum atomic E-state index is -0.358. The fourth-order valence-electron chi connectivity index (χ4n) is 3.27. The minimum absolute atomic E-state index is 0.303. The van der Waals surface area contributed by atoms with Crippen LogP contribution in [0, 0.1) is 0 Å². The van der Waals surface area contributed by atoms with Crippen molar-refractivity contribution in [2.24, 2.45) is 14.1 Å². The maximum atomic E-state index is 12.5. The van der Waals surface area contributed by atoms with Crippen LogP contribution in [0.15, 0.2) is 9.59 Å². The number of fused-ring (bicyclic) bond motifs is 1.